The van der Waals surface area contributed by atoms with Gasteiger partial charge in [0.25, 0.3) is 0 Å². The van der Waals surface area contributed by atoms with Gasteiger partial charge in [-0.3, -0.25) is 0 Å². The molecule has 0 atom stereocenters. The number of hydrogen-bond acceptors (Lipinski definition) is 7. The summed E-state index contributed by atoms with van der Waals surface area (Å²) in [7, 11) is -11.7. The van der Waals surface area contributed by atoms with Crippen molar-refractivity contribution in [2.75, 3.05) is 0 Å². The first-order chi connectivity index (χ1) is 15.6. The molecule has 1 aliphatic rings. The van der Waals surface area contributed by atoms with Crippen molar-refractivity contribution >= 4 is 31.2 Å². The molecule has 184 valence electrons. The van der Waals surface area contributed by atoms with E-state index in [0.29, 0.717) is 36.0 Å². The van der Waals surface area contributed by atoms with Gasteiger partial charge in [0.1, 0.15) is 22.8 Å². The third kappa shape index (κ3) is 4.29. The second-order valence-corrected chi connectivity index (χ2v) is 10.3. The minimum Gasteiger partial charge on any atom is -0.456 e. The summed E-state index contributed by atoms with van der Waals surface area (Å²) < 4.78 is 135. The first kappa shape index (κ1) is 24.2. The van der Waals surface area contributed by atoms with Gasteiger partial charge in [-0.1, -0.05) is 0 Å². The molecule has 3 aromatic rings. The average molecular weight is 530 g/mol. The van der Waals surface area contributed by atoms with E-state index in [4.69, 9.17) is 4.42 Å². The molecule has 1 heterocycles. The van der Waals surface area contributed by atoms with Crippen LogP contribution in [0.15, 0.2) is 40.8 Å². The number of furan rings is 1. The summed E-state index contributed by atoms with van der Waals surface area (Å²) in [5.41, 5.74) is -9.68. The Bertz CT molecular complexity index is 1490. The SMILES string of the molecule is O=S(=O)(Oc1ccc2c(c1)CCCc1c-2oc2ccc(OS(=O)(=O)C(F)(F)F)cc12)C(F)(F)F. The topological polar surface area (TPSA) is 99.9 Å². The van der Waals surface area contributed by atoms with Gasteiger partial charge in [0.15, 0.2) is 0 Å². The van der Waals surface area contributed by atoms with Crippen LogP contribution >= 0.6 is 0 Å². The smallest absolute Gasteiger partial charge is 0.456 e. The molecule has 0 saturated carbocycles. The minimum absolute atomic E-state index is 0.203. The molecule has 1 aliphatic carbocycles. The summed E-state index contributed by atoms with van der Waals surface area (Å²) in [5.74, 6) is -0.883. The first-order valence-corrected chi connectivity index (χ1v) is 12.1. The van der Waals surface area contributed by atoms with Crippen LogP contribution in [0.25, 0.3) is 22.3 Å². The molecule has 0 spiro atoms. The molecule has 0 radical (unpaired) electrons. The molecule has 2 aromatic carbocycles. The zero-order valence-electron chi connectivity index (χ0n) is 16.5. The van der Waals surface area contributed by atoms with Crippen LogP contribution in [0.4, 0.5) is 26.3 Å². The van der Waals surface area contributed by atoms with Gasteiger partial charge in [0, 0.05) is 16.5 Å². The van der Waals surface area contributed by atoms with Crippen LogP contribution in [-0.2, 0) is 33.1 Å². The maximum atomic E-state index is 12.6. The van der Waals surface area contributed by atoms with E-state index in [9.17, 15) is 43.2 Å². The van der Waals surface area contributed by atoms with E-state index in [2.05, 4.69) is 8.37 Å². The third-order valence-corrected chi connectivity index (χ3v) is 6.89. The van der Waals surface area contributed by atoms with E-state index < -0.39 is 42.8 Å². The lowest BCUT2D eigenvalue weighted by Crippen LogP contribution is -2.28. The van der Waals surface area contributed by atoms with E-state index in [0.717, 1.165) is 24.3 Å². The van der Waals surface area contributed by atoms with Crippen LogP contribution < -0.4 is 8.37 Å². The van der Waals surface area contributed by atoms with Crippen molar-refractivity contribution in [3.8, 4) is 22.8 Å². The molecule has 1 aromatic heterocycles. The van der Waals surface area contributed by atoms with E-state index in [-0.39, 0.29) is 16.7 Å². The lowest BCUT2D eigenvalue weighted by Gasteiger charge is -2.12. The highest BCUT2D eigenvalue weighted by Crippen LogP contribution is 2.42. The van der Waals surface area contributed by atoms with E-state index in [1.807, 2.05) is 0 Å². The Kier molecular flexibility index (Phi) is 5.55. The van der Waals surface area contributed by atoms with Crippen LogP contribution in [0.2, 0.25) is 0 Å². The van der Waals surface area contributed by atoms with Gasteiger partial charge in [0.05, 0.1) is 0 Å². The fourth-order valence-corrected chi connectivity index (χ4v) is 4.40. The molecule has 0 saturated heterocycles. The Morgan fingerprint density at radius 3 is 1.91 bits per heavy atom. The molecule has 0 fully saturated rings. The second kappa shape index (κ2) is 7.80. The number of rotatable bonds is 4. The zero-order valence-corrected chi connectivity index (χ0v) is 18.2. The summed E-state index contributed by atoms with van der Waals surface area (Å²) in [6.45, 7) is 0. The number of aryl methyl sites for hydroxylation is 2. The predicted molar refractivity (Wildman–Crippen MR) is 105 cm³/mol. The van der Waals surface area contributed by atoms with Crippen LogP contribution in [0.5, 0.6) is 11.5 Å². The maximum Gasteiger partial charge on any atom is 0.534 e. The third-order valence-electron chi connectivity index (χ3n) is 4.94. The van der Waals surface area contributed by atoms with Crippen LogP contribution in [0.1, 0.15) is 17.5 Å². The van der Waals surface area contributed by atoms with Crippen LogP contribution in [0.3, 0.4) is 0 Å². The van der Waals surface area contributed by atoms with Crippen molar-refractivity contribution in [2.45, 2.75) is 30.3 Å². The van der Waals surface area contributed by atoms with Crippen LogP contribution in [0, 0.1) is 0 Å². The molecule has 0 bridgehead atoms. The molecular formula is C19H12F6O7S2. The van der Waals surface area contributed by atoms with Gasteiger partial charge in [-0.05, 0) is 61.2 Å². The van der Waals surface area contributed by atoms with Crippen molar-refractivity contribution in [3.05, 3.63) is 47.5 Å². The first-order valence-electron chi connectivity index (χ1n) is 9.29. The highest BCUT2D eigenvalue weighted by molar-refractivity contribution is 7.88. The lowest BCUT2D eigenvalue weighted by atomic mass is 10.0. The molecule has 0 amide bonds. The molecule has 0 N–H and O–H groups in total. The number of alkyl halides is 6. The number of fused-ring (bicyclic) bond motifs is 5. The molecule has 15 heteroatoms. The van der Waals surface area contributed by atoms with E-state index in [1.165, 1.54) is 12.1 Å². The van der Waals surface area contributed by atoms with Gasteiger partial charge in [0.2, 0.25) is 0 Å². The average Bonchev–Trinajstić information content (AvgIpc) is 2.93. The lowest BCUT2D eigenvalue weighted by molar-refractivity contribution is -0.0504. The summed E-state index contributed by atoms with van der Waals surface area (Å²) in [5, 5.41) is 0.290. The Hall–Kier alpha value is -2.94. The highest BCUT2D eigenvalue weighted by Gasteiger charge is 2.49. The Balaban J connectivity index is 1.74. The molecule has 0 unspecified atom stereocenters. The molecular weight excluding hydrogens is 518 g/mol. The molecule has 4 rings (SSSR count). The van der Waals surface area contributed by atoms with E-state index >= 15 is 0 Å². The zero-order chi connectivity index (χ0) is 25.1. The predicted octanol–water partition coefficient (Wildman–Crippen LogP) is 5.05. The van der Waals surface area contributed by atoms with Gasteiger partial charge in [-0.15, -0.1) is 0 Å². The fraction of sp³-hybridized carbons (Fsp3) is 0.263. The fourth-order valence-electron chi connectivity index (χ4n) is 3.50. The summed E-state index contributed by atoms with van der Waals surface area (Å²) in [4.78, 5) is 0. The summed E-state index contributed by atoms with van der Waals surface area (Å²) in [6.07, 6.45) is 1.03. The molecule has 0 aliphatic heterocycles. The van der Waals surface area contributed by atoms with Crippen molar-refractivity contribution in [3.63, 3.8) is 0 Å². The molecule has 34 heavy (non-hydrogen) atoms. The molecule has 7 nitrogen and oxygen atoms in total. The number of benzene rings is 2. The Morgan fingerprint density at radius 2 is 1.32 bits per heavy atom. The van der Waals surface area contributed by atoms with Gasteiger partial charge in [-0.2, -0.15) is 43.2 Å². The largest absolute Gasteiger partial charge is 0.534 e. The number of hydrogen-bond donors (Lipinski definition) is 0. The maximum absolute atomic E-state index is 12.6. The van der Waals surface area contributed by atoms with Crippen molar-refractivity contribution in [1.29, 1.82) is 0 Å². The normalized spacial score (nSPS) is 14.9. The van der Waals surface area contributed by atoms with Crippen LogP contribution in [-0.4, -0.2) is 27.9 Å². The van der Waals surface area contributed by atoms with Crippen molar-refractivity contribution in [2.24, 2.45) is 0 Å². The van der Waals surface area contributed by atoms with Gasteiger partial charge in [-0.25, -0.2) is 0 Å². The van der Waals surface area contributed by atoms with Crippen molar-refractivity contribution < 1.29 is 56.0 Å². The summed E-state index contributed by atoms with van der Waals surface area (Å²) in [6, 6.07) is 6.72. The number of halogens is 6. The quantitative estimate of drug-likeness (QED) is 0.265. The minimum atomic E-state index is -5.88. The Morgan fingerprint density at radius 1 is 0.765 bits per heavy atom. The summed E-state index contributed by atoms with van der Waals surface area (Å²) >= 11 is 0. The van der Waals surface area contributed by atoms with Gasteiger partial charge < -0.3 is 12.8 Å². The Labute approximate surface area is 188 Å². The second-order valence-electron chi connectivity index (χ2n) is 7.21. The standard InChI is InChI=1S/C19H12F6O7S2/c20-18(21,22)33(26,27)31-11-4-6-13-10(8-11)2-1-3-14-15-9-12(5-7-16(15)30-17(13)14)32-34(28,29)19(23,24)25/h4-9H,1-3H2. The van der Waals surface area contributed by atoms with Crippen molar-refractivity contribution in [1.82, 2.24) is 0 Å². The monoisotopic (exact) mass is 530 g/mol. The van der Waals surface area contributed by atoms with E-state index in [1.54, 1.807) is 0 Å². The van der Waals surface area contributed by atoms with Gasteiger partial charge >= 0.3 is 31.3 Å². The highest BCUT2D eigenvalue weighted by atomic mass is 32.2.